The van der Waals surface area contributed by atoms with E-state index >= 15 is 0 Å². The van der Waals surface area contributed by atoms with Gasteiger partial charge in [-0.15, -0.1) is 0 Å². The predicted octanol–water partition coefficient (Wildman–Crippen LogP) is 12.8. The van der Waals surface area contributed by atoms with Gasteiger partial charge < -0.3 is 23.6 Å². The fourth-order valence-corrected chi connectivity index (χ4v) is 14.5. The number of halogens is 1. The van der Waals surface area contributed by atoms with Gasteiger partial charge in [-0.2, -0.15) is 5.26 Å². The number of ether oxygens (including phenoxy) is 1. The second-order valence-corrected chi connectivity index (χ2v) is 23.0. The number of hydrogen-bond acceptors (Lipinski definition) is 8. The topological polar surface area (TPSA) is 78.3 Å². The lowest BCUT2D eigenvalue weighted by Crippen LogP contribution is -2.51. The summed E-state index contributed by atoms with van der Waals surface area (Å²) >= 11 is 7.27. The van der Waals surface area contributed by atoms with E-state index in [1.807, 2.05) is 6.07 Å². The molecular weight excluding hydrogens is 847 g/mol. The summed E-state index contributed by atoms with van der Waals surface area (Å²) in [6, 6.07) is 11.3. The van der Waals surface area contributed by atoms with Crippen LogP contribution >= 0.6 is 20.1 Å². The summed E-state index contributed by atoms with van der Waals surface area (Å²) in [5.74, 6) is 6.47. The van der Waals surface area contributed by atoms with Gasteiger partial charge in [-0.3, -0.25) is 0 Å². The van der Waals surface area contributed by atoms with Crippen molar-refractivity contribution in [3.63, 3.8) is 0 Å². The van der Waals surface area contributed by atoms with Crippen molar-refractivity contribution >= 4 is 48.6 Å². The molecule has 342 valence electrons. The first-order chi connectivity index (χ1) is 30.8. The van der Waals surface area contributed by atoms with Crippen LogP contribution in [0.4, 0.5) is 11.4 Å². The van der Waals surface area contributed by atoms with Crippen LogP contribution in [-0.4, -0.2) is 60.1 Å². The number of nitrogens with zero attached hydrogens (tertiary/aromatic N) is 4. The number of rotatable bonds is 10. The third-order valence-corrected chi connectivity index (χ3v) is 17.2. The predicted molar refractivity (Wildman–Crippen MR) is 266 cm³/mol. The molecule has 3 aromatic carbocycles. The molecule has 1 spiro atoms. The van der Waals surface area contributed by atoms with E-state index < -0.39 is 25.5 Å². The van der Waals surface area contributed by atoms with Crippen LogP contribution in [0, 0.1) is 23.2 Å². The smallest absolute Gasteiger partial charge is 0.341 e. The lowest BCUT2D eigenvalue weighted by molar-refractivity contribution is 0.0230. The third-order valence-electron chi connectivity index (χ3n) is 14.8. The zero-order chi connectivity index (χ0) is 46.5. The Balaban J connectivity index is 1.20. The maximum atomic E-state index is 14.7. The lowest BCUT2D eigenvalue weighted by Gasteiger charge is -2.54. The highest BCUT2D eigenvalue weighted by Gasteiger charge is 2.59. The van der Waals surface area contributed by atoms with Crippen LogP contribution < -0.4 is 9.80 Å². The summed E-state index contributed by atoms with van der Waals surface area (Å²) in [6.07, 6.45) is 10.5. The summed E-state index contributed by atoms with van der Waals surface area (Å²) in [6.45, 7) is 30.1. The number of hydrogen-bond donors (Lipinski definition) is 0. The Morgan fingerprint density at radius 2 is 1.34 bits per heavy atom. The molecule has 0 saturated carbocycles. The Morgan fingerprint density at radius 1 is 0.800 bits per heavy atom. The normalized spacial score (nSPS) is 20.2. The van der Waals surface area contributed by atoms with Crippen LogP contribution in [0.5, 0.6) is 0 Å². The first kappa shape index (κ1) is 46.0. The van der Waals surface area contributed by atoms with Crippen molar-refractivity contribution in [3.05, 3.63) is 103 Å². The Bertz CT molecular complexity index is 2560. The van der Waals surface area contributed by atoms with E-state index in [2.05, 4.69) is 146 Å². The molecule has 0 saturated heterocycles. The molecule has 5 heterocycles. The molecule has 0 radical (unpaired) electrons. The van der Waals surface area contributed by atoms with Gasteiger partial charge in [-0.1, -0.05) is 49.4 Å². The van der Waals surface area contributed by atoms with E-state index in [0.29, 0.717) is 43.1 Å². The van der Waals surface area contributed by atoms with Crippen LogP contribution in [0.1, 0.15) is 181 Å². The molecule has 1 atom stereocenters. The molecule has 8 nitrogen and oxygen atoms in total. The largest absolute Gasteiger partial charge is 0.441 e. The minimum atomic E-state index is -1.32. The summed E-state index contributed by atoms with van der Waals surface area (Å²) in [7, 11) is -1.32. The second-order valence-electron chi connectivity index (χ2n) is 21.2. The fourth-order valence-electron chi connectivity index (χ4n) is 12.6. The molecule has 9 rings (SSSR count). The first-order valence-corrected chi connectivity index (χ1v) is 25.4. The van der Waals surface area contributed by atoms with Crippen LogP contribution in [0.3, 0.4) is 0 Å². The summed E-state index contributed by atoms with van der Waals surface area (Å²) < 4.78 is 21.9. The van der Waals surface area contributed by atoms with Gasteiger partial charge in [0.2, 0.25) is 0 Å². The third kappa shape index (κ3) is 7.20. The minimum absolute atomic E-state index is 0.132. The summed E-state index contributed by atoms with van der Waals surface area (Å²) in [5.41, 5.74) is 15.1. The van der Waals surface area contributed by atoms with Crippen molar-refractivity contribution in [1.82, 2.24) is 4.67 Å². The number of anilines is 2. The molecule has 0 fully saturated rings. The Kier molecular flexibility index (Phi) is 11.7. The van der Waals surface area contributed by atoms with E-state index in [9.17, 15) is 4.79 Å². The van der Waals surface area contributed by atoms with Gasteiger partial charge in [0.05, 0.1) is 47.4 Å². The molecule has 5 aliphatic heterocycles. The molecule has 3 aromatic rings. The first-order valence-electron chi connectivity index (χ1n) is 23.9. The average molecular weight is 914 g/mol. The number of esters is 1. The molecule has 1 aliphatic carbocycles. The fraction of sp³-hybridized carbons (Fsp3) is 0.527. The van der Waals surface area contributed by atoms with Crippen molar-refractivity contribution < 1.29 is 18.6 Å². The minimum Gasteiger partial charge on any atom is -0.441 e. The zero-order valence-corrected chi connectivity index (χ0v) is 42.3. The van der Waals surface area contributed by atoms with Crippen LogP contribution in [0.2, 0.25) is 5.02 Å². The van der Waals surface area contributed by atoms with E-state index in [1.165, 1.54) is 55.9 Å². The number of allylic oxidation sites excluding steroid dienone is 2. The van der Waals surface area contributed by atoms with Gasteiger partial charge >= 0.3 is 5.97 Å². The standard InChI is InChI=1S/C55H66ClN4O4P/c1-33(2)60(34(3)4)65(63-26-18-22-57)62-25-15-13-14-19-37-27-42-46(45(56)28-37)51(61)64-55(42)43-29-40-35(5)31-52(7,8)58-23-16-20-38(49(40)58)47(43)54(11,12)48-39-21-17-24-59-50(39)41(30-44(48)55)36(6)32-53(59,9)10/h27-34H,13,15-18,20-21,23-26H2,1-12H3. The van der Waals surface area contributed by atoms with Crippen LogP contribution in [-0.2, 0) is 37.6 Å². The molecule has 65 heavy (non-hydrogen) atoms. The molecule has 0 bridgehead atoms. The van der Waals surface area contributed by atoms with Crippen molar-refractivity contribution in [2.24, 2.45) is 0 Å². The SMILES string of the molecule is CC1=CC(C)(C)N2CCCc3c2c1cc1c3C(C)(C)c2c(cc3c4c2CCCN4C(C)(C)C=C3C)C12OC(=O)c1c(Cl)cc(C#CCCCOP(OCCC#N)N(C(C)C)C(C)C)cc12. The van der Waals surface area contributed by atoms with E-state index in [4.69, 9.17) is 30.6 Å². The number of fused-ring (bicyclic) bond motifs is 8. The molecular formula is C55H66ClN4O4P. The molecule has 10 heteroatoms. The van der Waals surface area contributed by atoms with Gasteiger partial charge in [-0.25, -0.2) is 9.46 Å². The highest BCUT2D eigenvalue weighted by molar-refractivity contribution is 7.44. The number of nitriles is 1. The van der Waals surface area contributed by atoms with E-state index in [1.54, 1.807) is 0 Å². The van der Waals surface area contributed by atoms with E-state index in [0.717, 1.165) is 61.0 Å². The van der Waals surface area contributed by atoms with Crippen molar-refractivity contribution in [1.29, 1.82) is 5.26 Å². The van der Waals surface area contributed by atoms with Gasteiger partial charge in [0.15, 0.2) is 5.60 Å². The molecule has 0 N–H and O–H groups in total. The Hall–Kier alpha value is -4.14. The molecule has 6 aliphatic rings. The van der Waals surface area contributed by atoms with Crippen molar-refractivity contribution in [2.75, 3.05) is 36.1 Å². The summed E-state index contributed by atoms with van der Waals surface area (Å²) in [4.78, 5) is 20.0. The van der Waals surface area contributed by atoms with Crippen molar-refractivity contribution in [2.45, 2.75) is 162 Å². The average Bonchev–Trinajstić information content (AvgIpc) is 3.53. The van der Waals surface area contributed by atoms with Gasteiger partial charge in [0, 0.05) is 81.8 Å². The maximum Gasteiger partial charge on any atom is 0.341 e. The summed E-state index contributed by atoms with van der Waals surface area (Å²) in [5, 5.41) is 9.49. The van der Waals surface area contributed by atoms with Crippen LogP contribution in [0.15, 0.2) is 36.4 Å². The highest BCUT2D eigenvalue weighted by atomic mass is 35.5. The molecule has 0 amide bonds. The Labute approximate surface area is 394 Å². The van der Waals surface area contributed by atoms with Gasteiger partial charge in [0.25, 0.3) is 8.53 Å². The van der Waals surface area contributed by atoms with Gasteiger partial charge in [0.1, 0.15) is 0 Å². The maximum absolute atomic E-state index is 14.7. The zero-order valence-electron chi connectivity index (χ0n) is 40.6. The van der Waals surface area contributed by atoms with Crippen molar-refractivity contribution in [3.8, 4) is 17.9 Å². The quantitative estimate of drug-likeness (QED) is 0.0861. The number of unbranched alkanes of at least 4 members (excludes halogenated alkanes) is 1. The number of carbonyl (C=O) groups excluding carboxylic acids is 1. The Morgan fingerprint density at radius 3 is 1.86 bits per heavy atom. The van der Waals surface area contributed by atoms with Crippen LogP contribution in [0.25, 0.3) is 11.1 Å². The second kappa shape index (κ2) is 16.6. The van der Waals surface area contributed by atoms with E-state index in [-0.39, 0.29) is 23.2 Å². The highest BCUT2D eigenvalue weighted by Crippen LogP contribution is 2.64. The monoisotopic (exact) mass is 912 g/mol. The lowest BCUT2D eigenvalue weighted by atomic mass is 9.57. The number of carbonyl (C=O) groups is 1. The molecule has 1 unspecified atom stereocenters. The van der Waals surface area contributed by atoms with Gasteiger partial charge in [-0.05, 0) is 159 Å². The number of benzene rings is 3. The molecule has 0 aromatic heterocycles.